The van der Waals surface area contributed by atoms with Crippen LogP contribution in [0.3, 0.4) is 0 Å². The summed E-state index contributed by atoms with van der Waals surface area (Å²) in [5.74, 6) is -0.258. The number of benzene rings is 1. The third-order valence-corrected chi connectivity index (χ3v) is 3.81. The van der Waals surface area contributed by atoms with E-state index in [2.05, 4.69) is 43.3 Å². The first kappa shape index (κ1) is 21.2. The predicted molar refractivity (Wildman–Crippen MR) is 107 cm³/mol. The Morgan fingerprint density at radius 1 is 1.08 bits per heavy atom. The summed E-state index contributed by atoms with van der Waals surface area (Å²) >= 11 is 0. The summed E-state index contributed by atoms with van der Waals surface area (Å²) in [6, 6.07) is 10.4. The summed E-state index contributed by atoms with van der Waals surface area (Å²) in [6.07, 6.45) is 13.8. The lowest BCUT2D eigenvalue weighted by Gasteiger charge is -2.18. The van der Waals surface area contributed by atoms with E-state index in [9.17, 15) is 4.79 Å². The Balaban J connectivity index is 2.65. The van der Waals surface area contributed by atoms with Crippen LogP contribution in [0.4, 0.5) is 0 Å². The SMILES string of the molecule is CCCCCC/C=C/C(=C/C(=O)OC(C)(C)C)CCc1ccccc1. The average Bonchev–Trinajstić information content (AvgIpc) is 2.54. The van der Waals surface area contributed by atoms with Crippen molar-refractivity contribution in [3.8, 4) is 0 Å². The maximum absolute atomic E-state index is 12.1. The number of aryl methyl sites for hydroxylation is 1. The number of hydrogen-bond donors (Lipinski definition) is 0. The number of unbranched alkanes of at least 4 members (excludes halogenated alkanes) is 4. The van der Waals surface area contributed by atoms with Crippen molar-refractivity contribution < 1.29 is 9.53 Å². The van der Waals surface area contributed by atoms with Crippen LogP contribution in [0.2, 0.25) is 0 Å². The van der Waals surface area contributed by atoms with Crippen LogP contribution in [0.5, 0.6) is 0 Å². The minimum absolute atomic E-state index is 0.258. The number of rotatable bonds is 10. The Morgan fingerprint density at radius 2 is 1.80 bits per heavy atom. The summed E-state index contributed by atoms with van der Waals surface area (Å²) in [6.45, 7) is 7.91. The Bertz CT molecular complexity index is 547. The molecular formula is C23H34O2. The van der Waals surface area contributed by atoms with E-state index in [4.69, 9.17) is 4.74 Å². The highest BCUT2D eigenvalue weighted by molar-refractivity contribution is 5.83. The van der Waals surface area contributed by atoms with Crippen LogP contribution in [0.15, 0.2) is 54.1 Å². The molecule has 1 aromatic rings. The molecule has 0 bridgehead atoms. The molecule has 0 unspecified atom stereocenters. The number of esters is 1. The van der Waals surface area contributed by atoms with E-state index in [1.54, 1.807) is 6.08 Å². The van der Waals surface area contributed by atoms with Crippen LogP contribution < -0.4 is 0 Å². The quantitative estimate of drug-likeness (QED) is 0.212. The van der Waals surface area contributed by atoms with Gasteiger partial charge in [0.2, 0.25) is 0 Å². The van der Waals surface area contributed by atoms with Gasteiger partial charge >= 0.3 is 5.97 Å². The molecule has 0 aliphatic heterocycles. The minimum Gasteiger partial charge on any atom is -0.457 e. The zero-order chi connectivity index (χ0) is 18.5. The summed E-state index contributed by atoms with van der Waals surface area (Å²) in [5, 5.41) is 0. The van der Waals surface area contributed by atoms with E-state index >= 15 is 0 Å². The normalized spacial score (nSPS) is 12.6. The second kappa shape index (κ2) is 11.7. The van der Waals surface area contributed by atoms with Crippen molar-refractivity contribution in [3.63, 3.8) is 0 Å². The van der Waals surface area contributed by atoms with Gasteiger partial charge in [0.25, 0.3) is 0 Å². The van der Waals surface area contributed by atoms with Crippen LogP contribution >= 0.6 is 0 Å². The second-order valence-corrected chi connectivity index (χ2v) is 7.49. The topological polar surface area (TPSA) is 26.3 Å². The van der Waals surface area contributed by atoms with Gasteiger partial charge in [0.15, 0.2) is 0 Å². The number of ether oxygens (including phenoxy) is 1. The molecule has 0 N–H and O–H groups in total. The maximum Gasteiger partial charge on any atom is 0.331 e. The smallest absolute Gasteiger partial charge is 0.331 e. The Hall–Kier alpha value is -1.83. The van der Waals surface area contributed by atoms with Gasteiger partial charge < -0.3 is 4.74 Å². The van der Waals surface area contributed by atoms with Gasteiger partial charge in [0, 0.05) is 6.08 Å². The molecule has 0 aliphatic rings. The van der Waals surface area contributed by atoms with Crippen molar-refractivity contribution in [1.29, 1.82) is 0 Å². The van der Waals surface area contributed by atoms with Crippen LogP contribution in [0.25, 0.3) is 0 Å². The Labute approximate surface area is 154 Å². The van der Waals surface area contributed by atoms with Gasteiger partial charge in [-0.15, -0.1) is 0 Å². The molecule has 0 radical (unpaired) electrons. The third kappa shape index (κ3) is 11.4. The highest BCUT2D eigenvalue weighted by Crippen LogP contribution is 2.14. The van der Waals surface area contributed by atoms with Gasteiger partial charge in [-0.2, -0.15) is 0 Å². The fourth-order valence-corrected chi connectivity index (χ4v) is 2.54. The van der Waals surface area contributed by atoms with Crippen molar-refractivity contribution in [2.24, 2.45) is 0 Å². The second-order valence-electron chi connectivity index (χ2n) is 7.49. The molecule has 0 aliphatic carbocycles. The van der Waals surface area contributed by atoms with Crippen molar-refractivity contribution in [2.45, 2.75) is 78.2 Å². The van der Waals surface area contributed by atoms with Crippen molar-refractivity contribution in [2.75, 3.05) is 0 Å². The lowest BCUT2D eigenvalue weighted by atomic mass is 10.0. The molecule has 0 saturated carbocycles. The standard InChI is InChI=1S/C23H34O2/c1-5-6-7-8-9-11-16-21(19-22(24)25-23(2,3)4)18-17-20-14-12-10-13-15-20/h10-16,19H,5-9,17-18H2,1-4H3/b16-11+,21-19-. The van der Waals surface area contributed by atoms with Crippen LogP contribution in [0, 0.1) is 0 Å². The van der Waals surface area contributed by atoms with Crippen LogP contribution in [-0.4, -0.2) is 11.6 Å². The molecule has 0 atom stereocenters. The Kier molecular flexibility index (Phi) is 9.91. The fraction of sp³-hybridized carbons (Fsp3) is 0.522. The maximum atomic E-state index is 12.1. The van der Waals surface area contributed by atoms with Crippen molar-refractivity contribution >= 4 is 5.97 Å². The zero-order valence-corrected chi connectivity index (χ0v) is 16.4. The van der Waals surface area contributed by atoms with E-state index in [0.29, 0.717) is 0 Å². The number of hydrogen-bond acceptors (Lipinski definition) is 2. The van der Waals surface area contributed by atoms with Gasteiger partial charge in [-0.05, 0) is 57.6 Å². The van der Waals surface area contributed by atoms with E-state index in [-0.39, 0.29) is 5.97 Å². The molecule has 0 fully saturated rings. The number of carbonyl (C=O) groups is 1. The molecule has 0 heterocycles. The summed E-state index contributed by atoms with van der Waals surface area (Å²) < 4.78 is 5.43. The average molecular weight is 343 g/mol. The first-order chi connectivity index (χ1) is 11.9. The fourth-order valence-electron chi connectivity index (χ4n) is 2.54. The molecule has 138 valence electrons. The molecule has 0 saturated heterocycles. The minimum atomic E-state index is -0.456. The van der Waals surface area contributed by atoms with Crippen molar-refractivity contribution in [3.05, 3.63) is 59.7 Å². The molecule has 25 heavy (non-hydrogen) atoms. The van der Waals surface area contributed by atoms with Gasteiger partial charge in [0.05, 0.1) is 0 Å². The zero-order valence-electron chi connectivity index (χ0n) is 16.4. The molecule has 2 nitrogen and oxygen atoms in total. The molecule has 0 amide bonds. The summed E-state index contributed by atoms with van der Waals surface area (Å²) in [5.41, 5.74) is 1.87. The third-order valence-electron chi connectivity index (χ3n) is 3.81. The summed E-state index contributed by atoms with van der Waals surface area (Å²) in [7, 11) is 0. The highest BCUT2D eigenvalue weighted by Gasteiger charge is 2.14. The predicted octanol–water partition coefficient (Wildman–Crippen LogP) is 6.41. The lowest BCUT2D eigenvalue weighted by Crippen LogP contribution is -2.22. The Morgan fingerprint density at radius 3 is 2.44 bits per heavy atom. The van der Waals surface area contributed by atoms with E-state index in [0.717, 1.165) is 24.8 Å². The van der Waals surface area contributed by atoms with Gasteiger partial charge in [-0.3, -0.25) is 0 Å². The lowest BCUT2D eigenvalue weighted by molar-refractivity contribution is -0.148. The molecular weight excluding hydrogens is 308 g/mol. The molecule has 0 spiro atoms. The summed E-state index contributed by atoms with van der Waals surface area (Å²) in [4.78, 5) is 12.1. The first-order valence-corrected chi connectivity index (χ1v) is 9.54. The highest BCUT2D eigenvalue weighted by atomic mass is 16.6. The first-order valence-electron chi connectivity index (χ1n) is 9.54. The number of allylic oxidation sites excluding steroid dienone is 3. The van der Waals surface area contributed by atoms with Crippen molar-refractivity contribution in [1.82, 2.24) is 0 Å². The van der Waals surface area contributed by atoms with Gasteiger partial charge in [-0.1, -0.05) is 68.7 Å². The van der Waals surface area contributed by atoms with E-state index in [1.165, 1.54) is 31.2 Å². The van der Waals surface area contributed by atoms with Gasteiger partial charge in [-0.25, -0.2) is 4.79 Å². The monoisotopic (exact) mass is 342 g/mol. The molecule has 0 aromatic heterocycles. The molecule has 1 rings (SSSR count). The largest absolute Gasteiger partial charge is 0.457 e. The molecule has 1 aromatic carbocycles. The van der Waals surface area contributed by atoms with Crippen LogP contribution in [-0.2, 0) is 16.0 Å². The van der Waals surface area contributed by atoms with E-state index in [1.807, 2.05) is 26.8 Å². The van der Waals surface area contributed by atoms with Gasteiger partial charge in [0.1, 0.15) is 5.60 Å². The molecule has 2 heteroatoms. The van der Waals surface area contributed by atoms with Crippen LogP contribution in [0.1, 0.15) is 71.8 Å². The van der Waals surface area contributed by atoms with E-state index < -0.39 is 5.60 Å². The number of carbonyl (C=O) groups excluding carboxylic acids is 1.